The Kier molecular flexibility index (Phi) is 2.75. The molecule has 1 nitrogen and oxygen atoms in total. The van der Waals surface area contributed by atoms with E-state index < -0.39 is 0 Å². The second-order valence-electron chi connectivity index (χ2n) is 2.85. The molecule has 58 valence electrons. The molecule has 0 spiro atoms. The van der Waals surface area contributed by atoms with E-state index in [9.17, 15) is 0 Å². The van der Waals surface area contributed by atoms with Gasteiger partial charge in [-0.1, -0.05) is 5.57 Å². The second-order valence-corrected chi connectivity index (χ2v) is 3.16. The highest BCUT2D eigenvalue weighted by molar-refractivity contribution is 6.18. The van der Waals surface area contributed by atoms with Crippen molar-refractivity contribution in [2.45, 2.75) is 26.4 Å². The average Bonchev–Trinajstić information content (AvgIpc) is 1.95. The zero-order valence-corrected chi connectivity index (χ0v) is 7.24. The molecule has 1 aliphatic heterocycles. The van der Waals surface area contributed by atoms with Crippen molar-refractivity contribution in [3.8, 4) is 0 Å². The van der Waals surface area contributed by atoms with Gasteiger partial charge in [-0.25, -0.2) is 0 Å². The van der Waals surface area contributed by atoms with Crippen molar-refractivity contribution in [3.63, 3.8) is 0 Å². The minimum absolute atomic E-state index is 0.255. The van der Waals surface area contributed by atoms with Crippen molar-refractivity contribution in [1.29, 1.82) is 0 Å². The molecule has 10 heavy (non-hydrogen) atoms. The molecule has 2 heteroatoms. The van der Waals surface area contributed by atoms with Crippen molar-refractivity contribution in [1.82, 2.24) is 0 Å². The molecule has 0 N–H and O–H groups in total. The summed E-state index contributed by atoms with van der Waals surface area (Å²) in [5.41, 5.74) is 2.80. The van der Waals surface area contributed by atoms with Crippen molar-refractivity contribution in [3.05, 3.63) is 11.1 Å². The van der Waals surface area contributed by atoms with Crippen LogP contribution in [0.4, 0.5) is 0 Å². The zero-order valence-electron chi connectivity index (χ0n) is 6.48. The summed E-state index contributed by atoms with van der Waals surface area (Å²) in [7, 11) is 0. The lowest BCUT2D eigenvalue weighted by molar-refractivity contribution is 0.0743. The summed E-state index contributed by atoms with van der Waals surface area (Å²) in [6.07, 6.45) is 1.26. The number of halogens is 1. The summed E-state index contributed by atoms with van der Waals surface area (Å²) in [4.78, 5) is 0. The summed E-state index contributed by atoms with van der Waals surface area (Å²) in [6, 6.07) is 0. The maximum absolute atomic E-state index is 5.65. The van der Waals surface area contributed by atoms with Gasteiger partial charge in [0.2, 0.25) is 0 Å². The first-order chi connectivity index (χ1) is 4.74. The van der Waals surface area contributed by atoms with Crippen LogP contribution in [-0.4, -0.2) is 18.6 Å². The maximum Gasteiger partial charge on any atom is 0.0751 e. The van der Waals surface area contributed by atoms with E-state index in [1.54, 1.807) is 0 Å². The van der Waals surface area contributed by atoms with E-state index in [0.717, 1.165) is 13.0 Å². The van der Waals surface area contributed by atoms with Crippen LogP contribution in [0.5, 0.6) is 0 Å². The molecule has 1 rings (SSSR count). The van der Waals surface area contributed by atoms with Crippen LogP contribution in [0.1, 0.15) is 20.3 Å². The Balaban J connectivity index is 2.54. The summed E-state index contributed by atoms with van der Waals surface area (Å²) in [5, 5.41) is 0. The fraction of sp³-hybridized carbons (Fsp3) is 0.750. The number of rotatable bonds is 1. The lowest BCUT2D eigenvalue weighted by Gasteiger charge is -2.22. The molecular formula is C8H13ClO. The maximum atomic E-state index is 5.65. The van der Waals surface area contributed by atoms with Gasteiger partial charge in [0.1, 0.15) is 0 Å². The summed E-state index contributed by atoms with van der Waals surface area (Å²) < 4.78 is 5.42. The van der Waals surface area contributed by atoms with Crippen molar-refractivity contribution >= 4 is 11.6 Å². The number of alkyl halides is 1. The Morgan fingerprint density at radius 3 is 2.70 bits per heavy atom. The summed E-state index contributed by atoms with van der Waals surface area (Å²) >= 11 is 5.65. The molecule has 1 aliphatic rings. The highest BCUT2D eigenvalue weighted by atomic mass is 35.5. The molecule has 0 saturated heterocycles. The quantitative estimate of drug-likeness (QED) is 0.423. The number of hydrogen-bond acceptors (Lipinski definition) is 1. The molecule has 0 radical (unpaired) electrons. The molecule has 1 atom stereocenters. The van der Waals surface area contributed by atoms with Crippen molar-refractivity contribution < 1.29 is 4.74 Å². The lowest BCUT2D eigenvalue weighted by Crippen LogP contribution is -2.21. The van der Waals surface area contributed by atoms with E-state index in [2.05, 4.69) is 13.8 Å². The predicted octanol–water partition coefficient (Wildman–Crippen LogP) is 2.35. The minimum Gasteiger partial charge on any atom is -0.372 e. The normalized spacial score (nSPS) is 27.3. The first kappa shape index (κ1) is 8.09. The molecule has 0 bridgehead atoms. The van der Waals surface area contributed by atoms with Gasteiger partial charge in [0.15, 0.2) is 0 Å². The van der Waals surface area contributed by atoms with E-state index in [4.69, 9.17) is 16.3 Å². The Bertz CT molecular complexity index is 151. The molecule has 0 saturated carbocycles. The van der Waals surface area contributed by atoms with Gasteiger partial charge in [0.25, 0.3) is 0 Å². The van der Waals surface area contributed by atoms with Crippen LogP contribution < -0.4 is 0 Å². The van der Waals surface area contributed by atoms with Crippen molar-refractivity contribution in [2.75, 3.05) is 12.5 Å². The van der Waals surface area contributed by atoms with E-state index in [1.165, 1.54) is 11.1 Å². The van der Waals surface area contributed by atoms with E-state index in [0.29, 0.717) is 5.88 Å². The highest BCUT2D eigenvalue weighted by Gasteiger charge is 2.15. The Hall–Kier alpha value is -0.0100. The smallest absolute Gasteiger partial charge is 0.0751 e. The average molecular weight is 161 g/mol. The number of hydrogen-bond donors (Lipinski definition) is 0. The number of ether oxygens (including phenoxy) is 1. The van der Waals surface area contributed by atoms with Crippen LogP contribution in [0.3, 0.4) is 0 Å². The minimum atomic E-state index is 0.255. The van der Waals surface area contributed by atoms with Crippen LogP contribution in [0, 0.1) is 0 Å². The molecule has 0 amide bonds. The van der Waals surface area contributed by atoms with E-state index in [1.807, 2.05) is 0 Å². The van der Waals surface area contributed by atoms with Gasteiger partial charge in [-0.3, -0.25) is 0 Å². The molecule has 0 aliphatic carbocycles. The summed E-state index contributed by atoms with van der Waals surface area (Å²) in [6.45, 7) is 5.03. The van der Waals surface area contributed by atoms with Gasteiger partial charge in [0, 0.05) is 5.88 Å². The van der Waals surface area contributed by atoms with Crippen LogP contribution in [0.2, 0.25) is 0 Å². The molecule has 0 fully saturated rings. The first-order valence-electron chi connectivity index (χ1n) is 3.57. The summed E-state index contributed by atoms with van der Waals surface area (Å²) in [5.74, 6) is 0.616. The molecule has 0 aromatic carbocycles. The molecular weight excluding hydrogens is 148 g/mol. The van der Waals surface area contributed by atoms with Crippen LogP contribution in [0.25, 0.3) is 0 Å². The third-order valence-corrected chi connectivity index (χ3v) is 2.31. The Morgan fingerprint density at radius 1 is 1.50 bits per heavy atom. The highest BCUT2D eigenvalue weighted by Crippen LogP contribution is 2.19. The van der Waals surface area contributed by atoms with Gasteiger partial charge < -0.3 is 4.74 Å². The molecule has 0 aromatic heterocycles. The fourth-order valence-corrected chi connectivity index (χ4v) is 1.24. The van der Waals surface area contributed by atoms with Gasteiger partial charge >= 0.3 is 0 Å². The van der Waals surface area contributed by atoms with E-state index in [-0.39, 0.29) is 6.10 Å². The van der Waals surface area contributed by atoms with Crippen LogP contribution in [0.15, 0.2) is 11.1 Å². The molecule has 1 heterocycles. The van der Waals surface area contributed by atoms with Crippen LogP contribution >= 0.6 is 11.6 Å². The van der Waals surface area contributed by atoms with E-state index >= 15 is 0 Å². The topological polar surface area (TPSA) is 9.23 Å². The molecule has 0 aromatic rings. The van der Waals surface area contributed by atoms with Gasteiger partial charge in [-0.15, -0.1) is 11.6 Å². The zero-order chi connectivity index (χ0) is 7.56. The first-order valence-corrected chi connectivity index (χ1v) is 4.10. The SMILES string of the molecule is CC1=C(C)C[C@@H](CCl)OC1. The van der Waals surface area contributed by atoms with Crippen molar-refractivity contribution in [2.24, 2.45) is 0 Å². The van der Waals surface area contributed by atoms with Gasteiger partial charge in [0.05, 0.1) is 12.7 Å². The van der Waals surface area contributed by atoms with Gasteiger partial charge in [-0.05, 0) is 25.8 Å². The third-order valence-electron chi connectivity index (χ3n) is 1.97. The van der Waals surface area contributed by atoms with Gasteiger partial charge in [-0.2, -0.15) is 0 Å². The fourth-order valence-electron chi connectivity index (χ4n) is 1.04. The monoisotopic (exact) mass is 160 g/mol. The third kappa shape index (κ3) is 1.74. The van der Waals surface area contributed by atoms with Crippen LogP contribution in [-0.2, 0) is 4.74 Å². The second kappa shape index (κ2) is 3.40. The largest absolute Gasteiger partial charge is 0.372 e. The lowest BCUT2D eigenvalue weighted by atomic mass is 10.0. The molecule has 0 unspecified atom stereocenters. The Morgan fingerprint density at radius 2 is 2.20 bits per heavy atom. The predicted molar refractivity (Wildman–Crippen MR) is 43.5 cm³/mol. The Labute approximate surface area is 67.0 Å². The standard InChI is InChI=1S/C8H13ClO/c1-6-3-8(4-9)10-5-7(6)2/h8H,3-5H2,1-2H3/t8-/m0/s1.